The van der Waals surface area contributed by atoms with Gasteiger partial charge in [0, 0.05) is 28.0 Å². The highest BCUT2D eigenvalue weighted by Crippen LogP contribution is 2.31. The van der Waals surface area contributed by atoms with Gasteiger partial charge in [-0.05, 0) is 18.2 Å². The van der Waals surface area contributed by atoms with Gasteiger partial charge < -0.3 is 4.98 Å². The van der Waals surface area contributed by atoms with E-state index in [0.717, 1.165) is 22.2 Å². The number of para-hydroxylation sites is 1. The number of thiazole rings is 1. The molecule has 2 N–H and O–H groups in total. The summed E-state index contributed by atoms with van der Waals surface area (Å²) in [5, 5.41) is 6.49. The minimum atomic E-state index is -0.381. The topological polar surface area (TPSA) is 70.7 Å². The number of fused-ring (bicyclic) bond motifs is 1. The molecule has 0 unspecified atom stereocenters. The van der Waals surface area contributed by atoms with E-state index in [1.165, 1.54) is 23.5 Å². The molecule has 0 saturated carbocycles. The zero-order chi connectivity index (χ0) is 17.4. The van der Waals surface area contributed by atoms with Crippen molar-refractivity contribution in [2.45, 2.75) is 0 Å². The molecule has 3 heterocycles. The van der Waals surface area contributed by atoms with Crippen LogP contribution in [0.25, 0.3) is 22.2 Å². The molecule has 0 fully saturated rings. The summed E-state index contributed by atoms with van der Waals surface area (Å²) < 4.78 is 0. The number of nitrogens with one attached hydrogen (secondary N) is 2. The number of hydrogen-bond acceptors (Lipinski definition) is 4. The van der Waals surface area contributed by atoms with Crippen molar-refractivity contribution in [1.29, 1.82) is 0 Å². The summed E-state index contributed by atoms with van der Waals surface area (Å²) in [5.74, 6) is -0.381. The van der Waals surface area contributed by atoms with Gasteiger partial charge in [-0.25, -0.2) is 9.97 Å². The smallest absolute Gasteiger partial charge is 0.260 e. The Morgan fingerprint density at radius 1 is 1.12 bits per heavy atom. The second kappa shape index (κ2) is 6.48. The third-order valence-corrected chi connectivity index (χ3v) is 4.91. The minimum absolute atomic E-state index is 0.0541. The van der Waals surface area contributed by atoms with E-state index >= 15 is 0 Å². The van der Waals surface area contributed by atoms with E-state index in [1.54, 1.807) is 0 Å². The van der Waals surface area contributed by atoms with Gasteiger partial charge in [-0.2, -0.15) is 0 Å². The highest BCUT2D eigenvalue weighted by Gasteiger charge is 2.15. The Balaban J connectivity index is 1.60. The van der Waals surface area contributed by atoms with Gasteiger partial charge >= 0.3 is 0 Å². The molecule has 0 aliphatic carbocycles. The molecule has 0 spiro atoms. The number of benzene rings is 1. The molecular formula is C17H10Cl2N4OS. The fourth-order valence-corrected chi connectivity index (χ4v) is 3.62. The van der Waals surface area contributed by atoms with Crippen LogP contribution in [0.4, 0.5) is 5.13 Å². The molecule has 1 amide bonds. The third kappa shape index (κ3) is 3.11. The van der Waals surface area contributed by atoms with Crippen LogP contribution >= 0.6 is 34.5 Å². The first-order chi connectivity index (χ1) is 12.1. The van der Waals surface area contributed by atoms with Crippen molar-refractivity contribution < 1.29 is 4.79 Å². The van der Waals surface area contributed by atoms with Crippen molar-refractivity contribution in [3.63, 3.8) is 0 Å². The Labute approximate surface area is 156 Å². The molecule has 0 radical (unpaired) electrons. The maximum atomic E-state index is 12.3. The van der Waals surface area contributed by atoms with Crippen LogP contribution < -0.4 is 5.32 Å². The van der Waals surface area contributed by atoms with Gasteiger partial charge in [0.15, 0.2) is 5.13 Å². The van der Waals surface area contributed by atoms with E-state index in [-0.39, 0.29) is 21.8 Å². The second-order valence-electron chi connectivity index (χ2n) is 5.21. The quantitative estimate of drug-likeness (QED) is 0.471. The largest absolute Gasteiger partial charge is 0.360 e. The molecule has 8 heteroatoms. The number of rotatable bonds is 3. The molecule has 5 nitrogen and oxygen atoms in total. The molecule has 0 saturated heterocycles. The van der Waals surface area contributed by atoms with E-state index in [0.29, 0.717) is 5.13 Å². The zero-order valence-corrected chi connectivity index (χ0v) is 14.9. The Hall–Kier alpha value is -2.41. The van der Waals surface area contributed by atoms with Crippen LogP contribution in [0, 0.1) is 0 Å². The lowest BCUT2D eigenvalue weighted by Gasteiger charge is -2.03. The summed E-state index contributed by atoms with van der Waals surface area (Å²) in [7, 11) is 0. The van der Waals surface area contributed by atoms with Crippen molar-refractivity contribution >= 4 is 56.5 Å². The number of amides is 1. The first-order valence-corrected chi connectivity index (χ1v) is 8.91. The van der Waals surface area contributed by atoms with Gasteiger partial charge in [0.1, 0.15) is 10.3 Å². The first kappa shape index (κ1) is 16.1. The van der Waals surface area contributed by atoms with Gasteiger partial charge in [0.05, 0.1) is 11.3 Å². The van der Waals surface area contributed by atoms with E-state index in [1.807, 2.05) is 35.8 Å². The number of aromatic nitrogens is 3. The summed E-state index contributed by atoms with van der Waals surface area (Å²) >= 11 is 13.1. The standard InChI is InChI=1S/C17H10Cl2N4OS/c18-14-6-5-10(15(19)22-14)16(24)23-17-21-13(8-25-17)11-7-20-12-4-2-1-3-9(11)12/h1-8,20H,(H,21,23,24). The van der Waals surface area contributed by atoms with Crippen LogP contribution in [0.1, 0.15) is 10.4 Å². The van der Waals surface area contributed by atoms with Crippen LogP contribution in [-0.2, 0) is 0 Å². The van der Waals surface area contributed by atoms with Crippen LogP contribution in [0.2, 0.25) is 10.3 Å². The molecule has 0 aliphatic rings. The molecule has 0 aliphatic heterocycles. The van der Waals surface area contributed by atoms with Crippen LogP contribution in [0.5, 0.6) is 0 Å². The Morgan fingerprint density at radius 2 is 1.96 bits per heavy atom. The number of hydrogen-bond donors (Lipinski definition) is 2. The molecule has 124 valence electrons. The van der Waals surface area contributed by atoms with Crippen molar-refractivity contribution in [3.05, 3.63) is 63.8 Å². The molecule has 1 aromatic carbocycles. The summed E-state index contributed by atoms with van der Waals surface area (Å²) in [6, 6.07) is 11.0. The van der Waals surface area contributed by atoms with E-state index in [4.69, 9.17) is 23.2 Å². The molecule has 0 bridgehead atoms. The van der Waals surface area contributed by atoms with Crippen LogP contribution in [0.3, 0.4) is 0 Å². The lowest BCUT2D eigenvalue weighted by atomic mass is 10.1. The molecule has 4 aromatic rings. The molecule has 4 rings (SSSR count). The number of aromatic amines is 1. The zero-order valence-electron chi connectivity index (χ0n) is 12.6. The van der Waals surface area contributed by atoms with Gasteiger partial charge in [0.25, 0.3) is 5.91 Å². The first-order valence-electron chi connectivity index (χ1n) is 7.27. The molecule has 3 aromatic heterocycles. The van der Waals surface area contributed by atoms with E-state index in [2.05, 4.69) is 20.3 Å². The van der Waals surface area contributed by atoms with Gasteiger partial charge in [-0.3, -0.25) is 10.1 Å². The average molecular weight is 389 g/mol. The van der Waals surface area contributed by atoms with E-state index in [9.17, 15) is 4.79 Å². The molecule has 25 heavy (non-hydrogen) atoms. The summed E-state index contributed by atoms with van der Waals surface area (Å²) in [5.41, 5.74) is 3.06. The second-order valence-corrected chi connectivity index (χ2v) is 6.82. The highest BCUT2D eigenvalue weighted by atomic mass is 35.5. The third-order valence-electron chi connectivity index (χ3n) is 3.65. The normalized spacial score (nSPS) is 11.0. The number of halogens is 2. The number of pyridine rings is 1. The average Bonchev–Trinajstić information content (AvgIpc) is 3.21. The lowest BCUT2D eigenvalue weighted by molar-refractivity contribution is 0.102. The Kier molecular flexibility index (Phi) is 4.17. The fourth-order valence-electron chi connectivity index (χ4n) is 2.48. The van der Waals surface area contributed by atoms with Crippen LogP contribution in [-0.4, -0.2) is 20.9 Å². The number of H-pyrrole nitrogens is 1. The number of carbonyl (C=O) groups is 1. The SMILES string of the molecule is O=C(Nc1nc(-c2c[nH]c3ccccc23)cs1)c1ccc(Cl)nc1Cl. The predicted molar refractivity (Wildman–Crippen MR) is 102 cm³/mol. The predicted octanol–water partition coefficient (Wildman–Crippen LogP) is 5.25. The number of anilines is 1. The Bertz CT molecular complexity index is 1090. The van der Waals surface area contributed by atoms with Crippen molar-refractivity contribution in [2.24, 2.45) is 0 Å². The van der Waals surface area contributed by atoms with Gasteiger partial charge in [-0.15, -0.1) is 11.3 Å². The van der Waals surface area contributed by atoms with Crippen molar-refractivity contribution in [2.75, 3.05) is 5.32 Å². The lowest BCUT2D eigenvalue weighted by Crippen LogP contribution is -2.12. The van der Waals surface area contributed by atoms with Crippen molar-refractivity contribution in [3.8, 4) is 11.3 Å². The molecular weight excluding hydrogens is 379 g/mol. The summed E-state index contributed by atoms with van der Waals surface area (Å²) in [4.78, 5) is 23.9. The van der Waals surface area contributed by atoms with E-state index < -0.39 is 0 Å². The maximum Gasteiger partial charge on any atom is 0.260 e. The van der Waals surface area contributed by atoms with Gasteiger partial charge in [-0.1, -0.05) is 41.4 Å². The summed E-state index contributed by atoms with van der Waals surface area (Å²) in [6.07, 6.45) is 1.91. The maximum absolute atomic E-state index is 12.3. The van der Waals surface area contributed by atoms with Gasteiger partial charge in [0.2, 0.25) is 0 Å². The monoisotopic (exact) mass is 388 g/mol. The molecule has 0 atom stereocenters. The Morgan fingerprint density at radius 3 is 2.80 bits per heavy atom. The van der Waals surface area contributed by atoms with Crippen LogP contribution in [0.15, 0.2) is 48.0 Å². The number of carbonyl (C=O) groups excluding carboxylic acids is 1. The fraction of sp³-hybridized carbons (Fsp3) is 0. The summed E-state index contributed by atoms with van der Waals surface area (Å²) in [6.45, 7) is 0. The van der Waals surface area contributed by atoms with Crippen molar-refractivity contribution in [1.82, 2.24) is 15.0 Å². The highest BCUT2D eigenvalue weighted by molar-refractivity contribution is 7.14. The minimum Gasteiger partial charge on any atom is -0.360 e. The number of nitrogens with zero attached hydrogens (tertiary/aromatic N) is 2.